The Labute approximate surface area is 159 Å². The Bertz CT molecular complexity index is 789. The fourth-order valence-corrected chi connectivity index (χ4v) is 3.37. The number of benzene rings is 1. The molecule has 0 atom stereocenters. The lowest BCUT2D eigenvalue weighted by Crippen LogP contribution is -2.46. The van der Waals surface area contributed by atoms with Crippen molar-refractivity contribution >= 4 is 5.91 Å². The molecule has 1 saturated heterocycles. The Morgan fingerprint density at radius 2 is 2.04 bits per heavy atom. The summed E-state index contributed by atoms with van der Waals surface area (Å²) in [7, 11) is 0. The molecule has 1 aliphatic heterocycles. The van der Waals surface area contributed by atoms with E-state index in [1.54, 1.807) is 12.3 Å². The van der Waals surface area contributed by atoms with Crippen LogP contribution in [0.3, 0.4) is 0 Å². The van der Waals surface area contributed by atoms with Crippen LogP contribution in [0.2, 0.25) is 0 Å². The highest BCUT2D eigenvalue weighted by Gasteiger charge is 2.40. The van der Waals surface area contributed by atoms with Gasteiger partial charge in [-0.3, -0.25) is 4.79 Å². The molecule has 0 saturated carbocycles. The molecule has 0 unspecified atom stereocenters. The summed E-state index contributed by atoms with van der Waals surface area (Å²) in [5, 5.41) is 2.96. The van der Waals surface area contributed by atoms with E-state index in [1.165, 1.54) is 12.1 Å². The first kappa shape index (κ1) is 19.5. The molecule has 1 aromatic carbocycles. The van der Waals surface area contributed by atoms with Crippen LogP contribution < -0.4 is 5.32 Å². The van der Waals surface area contributed by atoms with Crippen molar-refractivity contribution in [2.75, 3.05) is 13.2 Å². The van der Waals surface area contributed by atoms with Gasteiger partial charge in [0.15, 0.2) is 0 Å². The molecule has 27 heavy (non-hydrogen) atoms. The molecule has 1 aliphatic rings. The number of hydrogen-bond acceptors (Lipinski definition) is 4. The van der Waals surface area contributed by atoms with Gasteiger partial charge in [-0.1, -0.05) is 32.9 Å². The van der Waals surface area contributed by atoms with Crippen LogP contribution in [-0.2, 0) is 27.9 Å². The van der Waals surface area contributed by atoms with Gasteiger partial charge in [0.2, 0.25) is 11.8 Å². The van der Waals surface area contributed by atoms with Gasteiger partial charge in [-0.25, -0.2) is 9.37 Å². The zero-order chi connectivity index (χ0) is 19.5. The molecule has 3 rings (SSSR count). The predicted molar refractivity (Wildman–Crippen MR) is 99.6 cm³/mol. The van der Waals surface area contributed by atoms with Crippen LogP contribution in [0.25, 0.3) is 0 Å². The van der Waals surface area contributed by atoms with Gasteiger partial charge >= 0.3 is 0 Å². The third kappa shape index (κ3) is 4.75. The Kier molecular flexibility index (Phi) is 5.65. The maximum absolute atomic E-state index is 13.6. The number of amides is 1. The molecule has 0 bridgehead atoms. The van der Waals surface area contributed by atoms with Crippen LogP contribution in [0.4, 0.5) is 4.39 Å². The second-order valence-electron chi connectivity index (χ2n) is 8.25. The predicted octanol–water partition coefficient (Wildman–Crippen LogP) is 3.77. The normalized spacial score (nSPS) is 16.9. The first-order chi connectivity index (χ1) is 12.8. The smallest absolute Gasteiger partial charge is 0.227 e. The van der Waals surface area contributed by atoms with E-state index in [4.69, 9.17) is 9.15 Å². The lowest BCUT2D eigenvalue weighted by molar-refractivity contribution is -0.137. The van der Waals surface area contributed by atoms with Crippen LogP contribution in [0, 0.1) is 11.2 Å². The Hall–Kier alpha value is -2.21. The van der Waals surface area contributed by atoms with E-state index < -0.39 is 5.41 Å². The standard InChI is InChI=1S/C21H27FN2O3/c1-20(2,3)17-13-23-18(27-17)14-24-19(25)21(7-9-26-10-8-21)12-15-5-4-6-16(22)11-15/h4-6,11,13H,7-10,12,14H2,1-3H3,(H,24,25). The van der Waals surface area contributed by atoms with Gasteiger partial charge in [0.05, 0.1) is 18.2 Å². The largest absolute Gasteiger partial charge is 0.443 e. The van der Waals surface area contributed by atoms with E-state index in [1.807, 2.05) is 26.8 Å². The van der Waals surface area contributed by atoms with Crippen LogP contribution in [0.5, 0.6) is 0 Å². The van der Waals surface area contributed by atoms with E-state index in [-0.39, 0.29) is 23.7 Å². The lowest BCUT2D eigenvalue weighted by Gasteiger charge is -2.35. The summed E-state index contributed by atoms with van der Waals surface area (Å²) in [6.45, 7) is 7.43. The van der Waals surface area contributed by atoms with Crippen molar-refractivity contribution in [3.63, 3.8) is 0 Å². The van der Waals surface area contributed by atoms with E-state index in [0.29, 0.717) is 38.4 Å². The maximum atomic E-state index is 13.6. The van der Waals surface area contributed by atoms with Crippen molar-refractivity contribution in [3.8, 4) is 0 Å². The summed E-state index contributed by atoms with van der Waals surface area (Å²) < 4.78 is 24.8. The number of hydrogen-bond donors (Lipinski definition) is 1. The zero-order valence-corrected chi connectivity index (χ0v) is 16.2. The molecule has 1 N–H and O–H groups in total. The van der Waals surface area contributed by atoms with Gasteiger partial charge in [-0.2, -0.15) is 0 Å². The average Bonchev–Trinajstić information content (AvgIpc) is 3.10. The van der Waals surface area contributed by atoms with Crippen molar-refractivity contribution in [1.82, 2.24) is 10.3 Å². The van der Waals surface area contributed by atoms with Crippen LogP contribution >= 0.6 is 0 Å². The maximum Gasteiger partial charge on any atom is 0.227 e. The van der Waals surface area contributed by atoms with Gasteiger partial charge in [0.25, 0.3) is 0 Å². The number of nitrogens with zero attached hydrogens (tertiary/aromatic N) is 1. The molecule has 5 nitrogen and oxygen atoms in total. The van der Waals surface area contributed by atoms with Gasteiger partial charge < -0.3 is 14.5 Å². The fourth-order valence-electron chi connectivity index (χ4n) is 3.37. The van der Waals surface area contributed by atoms with Crippen molar-refractivity contribution < 1.29 is 18.3 Å². The number of ether oxygens (including phenoxy) is 1. The number of carbonyl (C=O) groups is 1. The quantitative estimate of drug-likeness (QED) is 0.865. The first-order valence-electron chi connectivity index (χ1n) is 9.34. The minimum absolute atomic E-state index is 0.0643. The number of halogens is 1. The van der Waals surface area contributed by atoms with E-state index in [2.05, 4.69) is 10.3 Å². The molecule has 1 amide bonds. The summed E-state index contributed by atoms with van der Waals surface area (Å²) in [6, 6.07) is 6.44. The number of nitrogens with one attached hydrogen (secondary N) is 1. The summed E-state index contributed by atoms with van der Waals surface area (Å²) in [5.74, 6) is 0.920. The fraction of sp³-hybridized carbons (Fsp3) is 0.524. The van der Waals surface area contributed by atoms with Crippen LogP contribution in [0.1, 0.15) is 50.8 Å². The number of aromatic nitrogens is 1. The third-order valence-electron chi connectivity index (χ3n) is 5.06. The Morgan fingerprint density at radius 1 is 1.30 bits per heavy atom. The molecule has 0 aliphatic carbocycles. The molecule has 0 spiro atoms. The highest BCUT2D eigenvalue weighted by atomic mass is 19.1. The third-order valence-corrected chi connectivity index (χ3v) is 5.06. The molecular weight excluding hydrogens is 347 g/mol. The van der Waals surface area contributed by atoms with Gasteiger partial charge in [-0.15, -0.1) is 0 Å². The molecule has 1 aromatic heterocycles. The molecule has 0 radical (unpaired) electrons. The highest BCUT2D eigenvalue weighted by Crippen LogP contribution is 2.35. The van der Waals surface area contributed by atoms with Gasteiger partial charge in [0, 0.05) is 18.6 Å². The van der Waals surface area contributed by atoms with Crippen LogP contribution in [-0.4, -0.2) is 24.1 Å². The highest BCUT2D eigenvalue weighted by molar-refractivity contribution is 5.83. The molecule has 6 heteroatoms. The summed E-state index contributed by atoms with van der Waals surface area (Å²) in [4.78, 5) is 17.3. The second kappa shape index (κ2) is 7.80. The number of carbonyl (C=O) groups excluding carboxylic acids is 1. The molecule has 2 heterocycles. The van der Waals surface area contributed by atoms with Crippen molar-refractivity contribution in [2.24, 2.45) is 5.41 Å². The first-order valence-corrected chi connectivity index (χ1v) is 9.34. The van der Waals surface area contributed by atoms with E-state index in [9.17, 15) is 9.18 Å². The summed E-state index contributed by atoms with van der Waals surface area (Å²) in [5.41, 5.74) is 0.0817. The Balaban J connectivity index is 1.71. The van der Waals surface area contributed by atoms with Gasteiger partial charge in [0.1, 0.15) is 11.6 Å². The molecule has 2 aromatic rings. The topological polar surface area (TPSA) is 64.4 Å². The molecule has 146 valence electrons. The SMILES string of the molecule is CC(C)(C)c1cnc(CNC(=O)C2(Cc3cccc(F)c3)CCOCC2)o1. The zero-order valence-electron chi connectivity index (χ0n) is 16.2. The molecule has 1 fully saturated rings. The average molecular weight is 374 g/mol. The van der Waals surface area contributed by atoms with E-state index in [0.717, 1.165) is 11.3 Å². The van der Waals surface area contributed by atoms with Gasteiger partial charge in [-0.05, 0) is 37.0 Å². The Morgan fingerprint density at radius 3 is 2.67 bits per heavy atom. The van der Waals surface area contributed by atoms with Crippen molar-refractivity contribution in [1.29, 1.82) is 0 Å². The summed E-state index contributed by atoms with van der Waals surface area (Å²) >= 11 is 0. The van der Waals surface area contributed by atoms with Crippen molar-refractivity contribution in [2.45, 2.75) is 52.0 Å². The lowest BCUT2D eigenvalue weighted by atomic mass is 9.74. The summed E-state index contributed by atoms with van der Waals surface area (Å²) in [6.07, 6.45) is 3.40. The minimum Gasteiger partial charge on any atom is -0.443 e. The molecular formula is C21H27FN2O3. The minimum atomic E-state index is -0.606. The number of rotatable bonds is 5. The van der Waals surface area contributed by atoms with Crippen LogP contribution in [0.15, 0.2) is 34.9 Å². The van der Waals surface area contributed by atoms with E-state index >= 15 is 0 Å². The second-order valence-corrected chi connectivity index (χ2v) is 8.25. The van der Waals surface area contributed by atoms with Crippen molar-refractivity contribution in [3.05, 3.63) is 53.5 Å². The monoisotopic (exact) mass is 374 g/mol. The number of oxazole rings is 1.